The number of rotatable bonds is 0. The smallest absolute Gasteiger partial charge is 0.267 e. The lowest BCUT2D eigenvalue weighted by molar-refractivity contribution is -0.0865. The molecule has 0 saturated carbocycles. The fraction of sp³-hybridized carbons (Fsp3) is 1.00. The van der Waals surface area contributed by atoms with Gasteiger partial charge in [0, 0.05) is 19.0 Å². The fourth-order valence-electron chi connectivity index (χ4n) is 1.09. The topological polar surface area (TPSA) is 38.0 Å². The summed E-state index contributed by atoms with van der Waals surface area (Å²) in [6, 6.07) is -1.02. The van der Waals surface area contributed by atoms with Gasteiger partial charge in [-0.2, -0.15) is 0 Å². The third-order valence-electron chi connectivity index (χ3n) is 1.97. The Bertz CT molecular complexity index is 115. The van der Waals surface area contributed by atoms with E-state index in [0.717, 1.165) is 0 Å². The zero-order valence-electron chi connectivity index (χ0n) is 5.90. The molecule has 3 N–H and O–H groups in total. The first-order valence-corrected chi connectivity index (χ1v) is 3.39. The van der Waals surface area contributed by atoms with E-state index < -0.39 is 17.9 Å². The highest BCUT2D eigenvalue weighted by atomic mass is 19.3. The fourth-order valence-corrected chi connectivity index (χ4v) is 1.09. The van der Waals surface area contributed by atoms with Gasteiger partial charge in [0.15, 0.2) is 0 Å². The highest BCUT2D eigenvalue weighted by Gasteiger charge is 2.44. The van der Waals surface area contributed by atoms with E-state index in [-0.39, 0.29) is 6.54 Å². The zero-order chi connectivity index (χ0) is 7.78. The highest BCUT2D eigenvalue weighted by Crippen LogP contribution is 2.28. The quantitative estimate of drug-likeness (QED) is 0.517. The van der Waals surface area contributed by atoms with Gasteiger partial charge in [-0.3, -0.25) is 0 Å². The van der Waals surface area contributed by atoms with Crippen LogP contribution in [-0.4, -0.2) is 25.1 Å². The number of alkyl halides is 2. The molecular formula is C6H12F2N2. The summed E-state index contributed by atoms with van der Waals surface area (Å²) in [6.45, 7) is 2.09. The third kappa shape index (κ3) is 1.13. The molecule has 0 aromatic heterocycles. The van der Waals surface area contributed by atoms with Gasteiger partial charge < -0.3 is 11.1 Å². The van der Waals surface area contributed by atoms with E-state index in [1.165, 1.54) is 6.92 Å². The summed E-state index contributed by atoms with van der Waals surface area (Å²) in [5, 5.41) is 2.83. The maximum Gasteiger partial charge on any atom is 0.267 e. The number of hydrogen-bond acceptors (Lipinski definition) is 2. The van der Waals surface area contributed by atoms with Gasteiger partial charge in [0.1, 0.15) is 0 Å². The summed E-state index contributed by atoms with van der Waals surface area (Å²) >= 11 is 0. The third-order valence-corrected chi connectivity index (χ3v) is 1.97. The molecule has 0 aromatic carbocycles. The van der Waals surface area contributed by atoms with Crippen molar-refractivity contribution in [2.75, 3.05) is 13.1 Å². The molecule has 1 rings (SSSR count). The number of nitrogens with one attached hydrogen (secondary N) is 1. The van der Waals surface area contributed by atoms with Crippen LogP contribution in [0.3, 0.4) is 0 Å². The van der Waals surface area contributed by atoms with Crippen LogP contribution in [-0.2, 0) is 0 Å². The number of piperidine rings is 1. The minimum Gasteiger partial charge on any atom is -0.322 e. The Hall–Kier alpha value is -0.220. The lowest BCUT2D eigenvalue weighted by atomic mass is 9.93. The van der Waals surface area contributed by atoms with Crippen molar-refractivity contribution in [3.05, 3.63) is 0 Å². The molecular weight excluding hydrogens is 138 g/mol. The lowest BCUT2D eigenvalue weighted by Gasteiger charge is -2.34. The van der Waals surface area contributed by atoms with E-state index in [2.05, 4.69) is 5.32 Å². The highest BCUT2D eigenvalue weighted by molar-refractivity contribution is 4.91. The summed E-state index contributed by atoms with van der Waals surface area (Å²) in [6.07, 6.45) is 0. The minimum atomic E-state index is -2.69. The average molecular weight is 150 g/mol. The largest absolute Gasteiger partial charge is 0.322 e. The number of halogens is 2. The van der Waals surface area contributed by atoms with E-state index in [4.69, 9.17) is 5.73 Å². The Labute approximate surface area is 58.8 Å². The van der Waals surface area contributed by atoms with Crippen molar-refractivity contribution in [2.45, 2.75) is 18.9 Å². The van der Waals surface area contributed by atoms with Gasteiger partial charge in [-0.15, -0.1) is 0 Å². The molecule has 1 aliphatic heterocycles. The molecule has 4 heteroatoms. The van der Waals surface area contributed by atoms with E-state index in [0.29, 0.717) is 6.54 Å². The molecule has 0 amide bonds. The summed E-state index contributed by atoms with van der Waals surface area (Å²) < 4.78 is 25.7. The molecule has 0 aromatic rings. The van der Waals surface area contributed by atoms with Crippen LogP contribution in [0.2, 0.25) is 0 Å². The second-order valence-corrected chi connectivity index (χ2v) is 2.84. The Morgan fingerprint density at radius 1 is 1.50 bits per heavy atom. The SMILES string of the molecule is CC1CNCC(N)C1(F)F. The lowest BCUT2D eigenvalue weighted by Crippen LogP contribution is -2.58. The molecule has 1 saturated heterocycles. The van der Waals surface area contributed by atoms with Crippen molar-refractivity contribution in [1.82, 2.24) is 5.32 Å². The number of nitrogens with two attached hydrogens (primary N) is 1. The van der Waals surface area contributed by atoms with Gasteiger partial charge in [-0.05, 0) is 0 Å². The second kappa shape index (κ2) is 2.43. The van der Waals surface area contributed by atoms with Crippen molar-refractivity contribution in [3.8, 4) is 0 Å². The van der Waals surface area contributed by atoms with Gasteiger partial charge in [-0.25, -0.2) is 8.78 Å². The van der Waals surface area contributed by atoms with E-state index in [1.807, 2.05) is 0 Å². The molecule has 1 heterocycles. The van der Waals surface area contributed by atoms with Crippen LogP contribution in [0.25, 0.3) is 0 Å². The maximum atomic E-state index is 12.8. The molecule has 2 nitrogen and oxygen atoms in total. The average Bonchev–Trinajstić information content (AvgIpc) is 1.84. The van der Waals surface area contributed by atoms with Crippen LogP contribution < -0.4 is 11.1 Å². The Kier molecular flexibility index (Phi) is 1.92. The van der Waals surface area contributed by atoms with Gasteiger partial charge >= 0.3 is 0 Å². The Balaban J connectivity index is 2.63. The van der Waals surface area contributed by atoms with Crippen LogP contribution in [0.15, 0.2) is 0 Å². The first-order valence-electron chi connectivity index (χ1n) is 3.39. The minimum absolute atomic E-state index is 0.220. The predicted molar refractivity (Wildman–Crippen MR) is 35.0 cm³/mol. The van der Waals surface area contributed by atoms with Crippen LogP contribution in [0.5, 0.6) is 0 Å². The maximum absolute atomic E-state index is 12.8. The zero-order valence-corrected chi connectivity index (χ0v) is 5.90. The molecule has 2 atom stereocenters. The number of hydrogen-bond donors (Lipinski definition) is 2. The standard InChI is InChI=1S/C6H12F2N2/c1-4-2-10-3-5(9)6(4,7)8/h4-5,10H,2-3,9H2,1H3. The van der Waals surface area contributed by atoms with Crippen molar-refractivity contribution in [1.29, 1.82) is 0 Å². The van der Waals surface area contributed by atoms with E-state index >= 15 is 0 Å². The van der Waals surface area contributed by atoms with Gasteiger partial charge in [0.25, 0.3) is 5.92 Å². The monoisotopic (exact) mass is 150 g/mol. The molecule has 1 aliphatic rings. The normalized spacial score (nSPS) is 39.6. The van der Waals surface area contributed by atoms with Crippen LogP contribution in [0.1, 0.15) is 6.92 Å². The van der Waals surface area contributed by atoms with Gasteiger partial charge in [0.05, 0.1) is 6.04 Å². The van der Waals surface area contributed by atoms with Gasteiger partial charge in [-0.1, -0.05) is 6.92 Å². The Morgan fingerprint density at radius 3 is 2.50 bits per heavy atom. The van der Waals surface area contributed by atoms with Crippen molar-refractivity contribution < 1.29 is 8.78 Å². The van der Waals surface area contributed by atoms with Crippen molar-refractivity contribution in [2.24, 2.45) is 11.7 Å². The molecule has 2 unspecified atom stereocenters. The molecule has 0 spiro atoms. The molecule has 60 valence electrons. The summed E-state index contributed by atoms with van der Waals surface area (Å²) in [7, 11) is 0. The van der Waals surface area contributed by atoms with E-state index in [1.54, 1.807) is 0 Å². The Morgan fingerprint density at radius 2 is 2.10 bits per heavy atom. The molecule has 0 bridgehead atoms. The predicted octanol–water partition coefficient (Wildman–Crippen LogP) is 0.188. The second-order valence-electron chi connectivity index (χ2n) is 2.84. The summed E-state index contributed by atoms with van der Waals surface area (Å²) in [5.41, 5.74) is 5.19. The summed E-state index contributed by atoms with van der Waals surface area (Å²) in [4.78, 5) is 0. The van der Waals surface area contributed by atoms with Crippen LogP contribution >= 0.6 is 0 Å². The van der Waals surface area contributed by atoms with Gasteiger partial charge in [0.2, 0.25) is 0 Å². The molecule has 0 radical (unpaired) electrons. The molecule has 10 heavy (non-hydrogen) atoms. The van der Waals surface area contributed by atoms with E-state index in [9.17, 15) is 8.78 Å². The van der Waals surface area contributed by atoms with Crippen molar-refractivity contribution in [3.63, 3.8) is 0 Å². The van der Waals surface area contributed by atoms with Crippen molar-refractivity contribution >= 4 is 0 Å². The van der Waals surface area contributed by atoms with Crippen LogP contribution in [0, 0.1) is 5.92 Å². The summed E-state index contributed by atoms with van der Waals surface area (Å²) in [5.74, 6) is -3.33. The molecule has 0 aliphatic carbocycles. The first-order chi connectivity index (χ1) is 4.55. The van der Waals surface area contributed by atoms with Crippen LogP contribution in [0.4, 0.5) is 8.78 Å². The molecule has 1 fully saturated rings. The first kappa shape index (κ1) is 7.88.